The van der Waals surface area contributed by atoms with Crippen LogP contribution in [0.5, 0.6) is 0 Å². The molecule has 2 rings (SSSR count). The van der Waals surface area contributed by atoms with E-state index in [4.69, 9.17) is 5.73 Å². The van der Waals surface area contributed by atoms with Gasteiger partial charge in [0.1, 0.15) is 0 Å². The Morgan fingerprint density at radius 1 is 1.30 bits per heavy atom. The molecule has 4 nitrogen and oxygen atoms in total. The number of nitrogen functional groups attached to an aromatic ring is 1. The summed E-state index contributed by atoms with van der Waals surface area (Å²) < 4.78 is 1.00. The Morgan fingerprint density at radius 2 is 2.05 bits per heavy atom. The summed E-state index contributed by atoms with van der Waals surface area (Å²) in [6, 6.07) is 12.7. The third-order valence-corrected chi connectivity index (χ3v) is 3.64. The molecule has 1 amide bonds. The number of halogens is 1. The molecule has 0 fully saturated rings. The van der Waals surface area contributed by atoms with E-state index in [-0.39, 0.29) is 5.91 Å². The Morgan fingerprint density at radius 3 is 2.75 bits per heavy atom. The van der Waals surface area contributed by atoms with E-state index in [1.807, 2.05) is 25.1 Å². The minimum atomic E-state index is -0.328. The standard InChI is InChI=1S/C15H14BrN3O/c1-10-6-7-11(8-13(10)16)9-18-19-15(20)12-4-2-3-5-14(12)17/h2-9H,17H2,1H3,(H,19,20)/b18-9-. The monoisotopic (exact) mass is 331 g/mol. The van der Waals surface area contributed by atoms with Crippen LogP contribution < -0.4 is 11.2 Å². The predicted molar refractivity (Wildman–Crippen MR) is 84.8 cm³/mol. The number of nitrogens with two attached hydrogens (primary N) is 1. The van der Waals surface area contributed by atoms with Gasteiger partial charge in [0.2, 0.25) is 0 Å². The minimum absolute atomic E-state index is 0.328. The van der Waals surface area contributed by atoms with Crippen molar-refractivity contribution in [3.05, 3.63) is 63.6 Å². The Balaban J connectivity index is 2.05. The number of hydrogen-bond donors (Lipinski definition) is 2. The highest BCUT2D eigenvalue weighted by Crippen LogP contribution is 2.16. The second kappa shape index (κ2) is 6.34. The van der Waals surface area contributed by atoms with Crippen molar-refractivity contribution in [1.82, 2.24) is 5.43 Å². The van der Waals surface area contributed by atoms with Gasteiger partial charge in [-0.2, -0.15) is 5.10 Å². The van der Waals surface area contributed by atoms with E-state index in [9.17, 15) is 4.79 Å². The number of nitrogens with zero attached hydrogens (tertiary/aromatic N) is 1. The maximum Gasteiger partial charge on any atom is 0.273 e. The quantitative estimate of drug-likeness (QED) is 0.515. The molecule has 2 aromatic carbocycles. The predicted octanol–water partition coefficient (Wildman–Crippen LogP) is 3.10. The van der Waals surface area contributed by atoms with Crippen LogP contribution in [0.15, 0.2) is 52.0 Å². The maximum absolute atomic E-state index is 11.9. The number of carbonyl (C=O) groups excluding carboxylic acids is 1. The minimum Gasteiger partial charge on any atom is -0.398 e. The summed E-state index contributed by atoms with van der Waals surface area (Å²) >= 11 is 3.45. The average molecular weight is 332 g/mol. The van der Waals surface area contributed by atoms with Crippen molar-refractivity contribution in [1.29, 1.82) is 0 Å². The van der Waals surface area contributed by atoms with Crippen LogP contribution in [0, 0.1) is 6.92 Å². The first-order valence-electron chi connectivity index (χ1n) is 6.02. The smallest absolute Gasteiger partial charge is 0.273 e. The first-order valence-corrected chi connectivity index (χ1v) is 6.81. The molecule has 0 aliphatic carbocycles. The lowest BCUT2D eigenvalue weighted by Crippen LogP contribution is -2.18. The van der Waals surface area contributed by atoms with Crippen molar-refractivity contribution >= 4 is 33.7 Å². The number of hydrogen-bond acceptors (Lipinski definition) is 3. The molecule has 0 radical (unpaired) electrons. The molecule has 0 bridgehead atoms. The molecular formula is C15H14BrN3O. The van der Waals surface area contributed by atoms with Crippen LogP contribution in [-0.2, 0) is 0 Å². The molecule has 102 valence electrons. The Labute approximate surface area is 125 Å². The van der Waals surface area contributed by atoms with Gasteiger partial charge in [0.05, 0.1) is 11.8 Å². The molecule has 3 N–H and O–H groups in total. The number of para-hydroxylation sites is 1. The fourth-order valence-corrected chi connectivity index (χ4v) is 2.02. The fourth-order valence-electron chi connectivity index (χ4n) is 1.62. The van der Waals surface area contributed by atoms with Crippen molar-refractivity contribution in [2.75, 3.05) is 5.73 Å². The maximum atomic E-state index is 11.9. The van der Waals surface area contributed by atoms with E-state index in [1.54, 1.807) is 30.5 Å². The summed E-state index contributed by atoms with van der Waals surface area (Å²) in [6.45, 7) is 2.00. The van der Waals surface area contributed by atoms with Gasteiger partial charge in [0, 0.05) is 10.2 Å². The third kappa shape index (κ3) is 3.45. The van der Waals surface area contributed by atoms with Gasteiger partial charge in [-0.15, -0.1) is 0 Å². The van der Waals surface area contributed by atoms with Gasteiger partial charge in [0.25, 0.3) is 5.91 Å². The summed E-state index contributed by atoms with van der Waals surface area (Å²) in [4.78, 5) is 11.9. The Kier molecular flexibility index (Phi) is 4.53. The number of aryl methyl sites for hydroxylation is 1. The summed E-state index contributed by atoms with van der Waals surface area (Å²) in [5, 5.41) is 3.93. The van der Waals surface area contributed by atoms with E-state index in [2.05, 4.69) is 26.5 Å². The largest absolute Gasteiger partial charge is 0.398 e. The summed E-state index contributed by atoms with van der Waals surface area (Å²) in [7, 11) is 0. The highest BCUT2D eigenvalue weighted by Gasteiger charge is 2.06. The van der Waals surface area contributed by atoms with Gasteiger partial charge in [-0.1, -0.05) is 40.2 Å². The van der Waals surface area contributed by atoms with Gasteiger partial charge < -0.3 is 5.73 Å². The molecule has 0 aromatic heterocycles. The zero-order valence-corrected chi connectivity index (χ0v) is 12.5. The Bertz CT molecular complexity index is 668. The van der Waals surface area contributed by atoms with Crippen molar-refractivity contribution in [2.45, 2.75) is 6.92 Å². The summed E-state index contributed by atoms with van der Waals surface area (Å²) in [6.07, 6.45) is 1.58. The molecule has 0 heterocycles. The van der Waals surface area contributed by atoms with Crippen molar-refractivity contribution in [3.8, 4) is 0 Å². The molecule has 0 aliphatic heterocycles. The lowest BCUT2D eigenvalue weighted by Gasteiger charge is -2.03. The van der Waals surface area contributed by atoms with Crippen LogP contribution in [0.4, 0.5) is 5.69 Å². The molecule has 0 saturated carbocycles. The topological polar surface area (TPSA) is 67.5 Å². The van der Waals surface area contributed by atoms with E-state index in [0.717, 1.165) is 15.6 Å². The fraction of sp³-hybridized carbons (Fsp3) is 0.0667. The van der Waals surface area contributed by atoms with Gasteiger partial charge in [0.15, 0.2) is 0 Å². The molecule has 2 aromatic rings. The third-order valence-electron chi connectivity index (χ3n) is 2.78. The Hall–Kier alpha value is -2.14. The zero-order valence-electron chi connectivity index (χ0n) is 10.9. The number of benzene rings is 2. The van der Waals surface area contributed by atoms with Crippen LogP contribution in [0.2, 0.25) is 0 Å². The van der Waals surface area contributed by atoms with Crippen molar-refractivity contribution < 1.29 is 4.79 Å². The van der Waals surface area contributed by atoms with Crippen LogP contribution >= 0.6 is 15.9 Å². The molecule has 20 heavy (non-hydrogen) atoms. The summed E-state index contributed by atoms with van der Waals surface area (Å²) in [5.41, 5.74) is 11.1. The van der Waals surface area contributed by atoms with E-state index in [0.29, 0.717) is 11.3 Å². The second-order valence-corrected chi connectivity index (χ2v) is 5.15. The molecule has 5 heteroatoms. The molecule has 0 saturated heterocycles. The van der Waals surface area contributed by atoms with Gasteiger partial charge in [-0.05, 0) is 36.2 Å². The van der Waals surface area contributed by atoms with Crippen LogP contribution in [0.3, 0.4) is 0 Å². The van der Waals surface area contributed by atoms with Crippen LogP contribution in [0.25, 0.3) is 0 Å². The highest BCUT2D eigenvalue weighted by molar-refractivity contribution is 9.10. The van der Waals surface area contributed by atoms with E-state index < -0.39 is 0 Å². The number of anilines is 1. The van der Waals surface area contributed by atoms with E-state index >= 15 is 0 Å². The van der Waals surface area contributed by atoms with E-state index in [1.165, 1.54) is 0 Å². The SMILES string of the molecule is Cc1ccc(/C=N\NC(=O)c2ccccc2N)cc1Br. The van der Waals surface area contributed by atoms with Gasteiger partial charge in [-0.25, -0.2) is 5.43 Å². The zero-order chi connectivity index (χ0) is 14.5. The summed E-state index contributed by atoms with van der Waals surface area (Å²) in [5.74, 6) is -0.328. The normalized spacial score (nSPS) is 10.7. The number of nitrogens with one attached hydrogen (secondary N) is 1. The number of hydrazone groups is 1. The average Bonchev–Trinajstić information content (AvgIpc) is 2.43. The van der Waals surface area contributed by atoms with Gasteiger partial charge >= 0.3 is 0 Å². The molecule has 0 unspecified atom stereocenters. The number of rotatable bonds is 3. The van der Waals surface area contributed by atoms with Crippen molar-refractivity contribution in [2.24, 2.45) is 5.10 Å². The number of carbonyl (C=O) groups is 1. The number of amides is 1. The van der Waals surface area contributed by atoms with Gasteiger partial charge in [-0.3, -0.25) is 4.79 Å². The molecular weight excluding hydrogens is 318 g/mol. The highest BCUT2D eigenvalue weighted by atomic mass is 79.9. The lowest BCUT2D eigenvalue weighted by atomic mass is 10.2. The molecule has 0 spiro atoms. The van der Waals surface area contributed by atoms with Crippen molar-refractivity contribution in [3.63, 3.8) is 0 Å². The van der Waals surface area contributed by atoms with Crippen LogP contribution in [-0.4, -0.2) is 12.1 Å². The molecule has 0 aliphatic rings. The lowest BCUT2D eigenvalue weighted by molar-refractivity contribution is 0.0956. The first-order chi connectivity index (χ1) is 9.58. The second-order valence-electron chi connectivity index (χ2n) is 4.29. The van der Waals surface area contributed by atoms with Crippen LogP contribution in [0.1, 0.15) is 21.5 Å². The first kappa shape index (κ1) is 14.3. The molecule has 0 atom stereocenters.